The number of hydrogen-bond donors (Lipinski definition) is 1. The second-order valence-electron chi connectivity index (χ2n) is 4.70. The monoisotopic (exact) mass is 279 g/mol. The summed E-state index contributed by atoms with van der Waals surface area (Å²) in [5.74, 6) is 1.54. The Labute approximate surface area is 121 Å². The first-order valence-electron chi connectivity index (χ1n) is 6.65. The number of nitrogens with one attached hydrogen (secondary N) is 1. The number of anilines is 2. The van der Waals surface area contributed by atoms with Crippen LogP contribution in [-0.4, -0.2) is 16.6 Å². The molecular weight excluding hydrogens is 266 g/mol. The summed E-state index contributed by atoms with van der Waals surface area (Å²) in [6.45, 7) is 0.282. The lowest BCUT2D eigenvalue weighted by molar-refractivity contribution is 0.174. The summed E-state index contributed by atoms with van der Waals surface area (Å²) < 4.78 is 12.5. The third-order valence-electron chi connectivity index (χ3n) is 3.26. The van der Waals surface area contributed by atoms with Crippen LogP contribution in [0.25, 0.3) is 5.69 Å². The quantitative estimate of drug-likeness (QED) is 0.798. The van der Waals surface area contributed by atoms with Gasteiger partial charge in [0.05, 0.1) is 23.8 Å². The Morgan fingerprint density at radius 1 is 0.952 bits per heavy atom. The summed E-state index contributed by atoms with van der Waals surface area (Å²) in [5, 5.41) is 7.66. The molecule has 0 aliphatic carbocycles. The summed E-state index contributed by atoms with van der Waals surface area (Å²) in [7, 11) is 0. The second-order valence-corrected chi connectivity index (χ2v) is 4.70. The van der Waals surface area contributed by atoms with Crippen LogP contribution in [0.1, 0.15) is 0 Å². The Hall–Kier alpha value is -2.95. The van der Waals surface area contributed by atoms with Crippen LogP contribution in [0.4, 0.5) is 11.4 Å². The summed E-state index contributed by atoms with van der Waals surface area (Å²) in [5.41, 5.74) is 2.88. The van der Waals surface area contributed by atoms with E-state index < -0.39 is 0 Å². The van der Waals surface area contributed by atoms with Gasteiger partial charge in [0.25, 0.3) is 0 Å². The first-order valence-corrected chi connectivity index (χ1v) is 6.65. The molecule has 0 saturated carbocycles. The number of para-hydroxylation sites is 1. The molecule has 0 unspecified atom stereocenters. The SMILES string of the molecule is c1ccc(-n2cc(Nc3ccc4c(c3)OCO4)cn2)cc1. The highest BCUT2D eigenvalue weighted by Crippen LogP contribution is 2.35. The summed E-state index contributed by atoms with van der Waals surface area (Å²) in [6.07, 6.45) is 3.73. The van der Waals surface area contributed by atoms with Gasteiger partial charge in [-0.15, -0.1) is 0 Å². The molecule has 3 aromatic rings. The number of aromatic nitrogens is 2. The molecule has 0 fully saturated rings. The van der Waals surface area contributed by atoms with Crippen molar-refractivity contribution < 1.29 is 9.47 Å². The highest BCUT2D eigenvalue weighted by Gasteiger charge is 2.13. The number of rotatable bonds is 3. The van der Waals surface area contributed by atoms with Crippen LogP contribution in [0.3, 0.4) is 0 Å². The zero-order chi connectivity index (χ0) is 14.1. The maximum absolute atomic E-state index is 5.37. The van der Waals surface area contributed by atoms with E-state index in [1.54, 1.807) is 6.20 Å². The fourth-order valence-corrected chi connectivity index (χ4v) is 2.25. The lowest BCUT2D eigenvalue weighted by Gasteiger charge is -2.04. The Kier molecular flexibility index (Phi) is 2.74. The molecule has 5 nitrogen and oxygen atoms in total. The molecule has 4 rings (SSSR count). The lowest BCUT2D eigenvalue weighted by Crippen LogP contribution is -1.93. The molecule has 1 aromatic heterocycles. The van der Waals surface area contributed by atoms with Gasteiger partial charge < -0.3 is 14.8 Å². The van der Waals surface area contributed by atoms with Crippen LogP contribution in [0, 0.1) is 0 Å². The molecule has 2 aromatic carbocycles. The molecule has 0 atom stereocenters. The Balaban J connectivity index is 1.57. The molecular formula is C16H13N3O2. The van der Waals surface area contributed by atoms with Gasteiger partial charge in [-0.2, -0.15) is 5.10 Å². The highest BCUT2D eigenvalue weighted by molar-refractivity contribution is 5.63. The van der Waals surface area contributed by atoms with Gasteiger partial charge in [-0.25, -0.2) is 4.68 Å². The van der Waals surface area contributed by atoms with Gasteiger partial charge in [0, 0.05) is 11.8 Å². The van der Waals surface area contributed by atoms with Crippen molar-refractivity contribution in [3.63, 3.8) is 0 Å². The van der Waals surface area contributed by atoms with Crippen molar-refractivity contribution in [2.75, 3.05) is 12.1 Å². The fraction of sp³-hybridized carbons (Fsp3) is 0.0625. The van der Waals surface area contributed by atoms with Crippen molar-refractivity contribution in [1.82, 2.24) is 9.78 Å². The van der Waals surface area contributed by atoms with Gasteiger partial charge in [-0.05, 0) is 24.3 Å². The van der Waals surface area contributed by atoms with Crippen molar-refractivity contribution in [2.45, 2.75) is 0 Å². The van der Waals surface area contributed by atoms with Crippen LogP contribution in [-0.2, 0) is 0 Å². The molecule has 21 heavy (non-hydrogen) atoms. The predicted octanol–water partition coefficient (Wildman–Crippen LogP) is 3.34. The molecule has 0 radical (unpaired) electrons. The van der Waals surface area contributed by atoms with E-state index in [1.165, 1.54) is 0 Å². The highest BCUT2D eigenvalue weighted by atomic mass is 16.7. The third kappa shape index (κ3) is 2.29. The zero-order valence-corrected chi connectivity index (χ0v) is 11.2. The van der Waals surface area contributed by atoms with Crippen molar-refractivity contribution in [1.29, 1.82) is 0 Å². The molecule has 0 saturated heterocycles. The Morgan fingerprint density at radius 3 is 2.71 bits per heavy atom. The molecule has 104 valence electrons. The summed E-state index contributed by atoms with van der Waals surface area (Å²) in [6, 6.07) is 15.7. The van der Waals surface area contributed by atoms with E-state index >= 15 is 0 Å². The molecule has 0 amide bonds. The van der Waals surface area contributed by atoms with Crippen LogP contribution in [0.2, 0.25) is 0 Å². The summed E-state index contributed by atoms with van der Waals surface area (Å²) in [4.78, 5) is 0. The van der Waals surface area contributed by atoms with Crippen molar-refractivity contribution in [2.24, 2.45) is 0 Å². The van der Waals surface area contributed by atoms with E-state index in [0.29, 0.717) is 0 Å². The van der Waals surface area contributed by atoms with Crippen LogP contribution >= 0.6 is 0 Å². The minimum atomic E-state index is 0.282. The first-order chi connectivity index (χ1) is 10.4. The van der Waals surface area contributed by atoms with E-state index in [1.807, 2.05) is 59.4 Å². The van der Waals surface area contributed by atoms with Gasteiger partial charge in [0.1, 0.15) is 0 Å². The first kappa shape index (κ1) is 11.8. The average molecular weight is 279 g/mol. The summed E-state index contributed by atoms with van der Waals surface area (Å²) >= 11 is 0. The molecule has 5 heteroatoms. The maximum Gasteiger partial charge on any atom is 0.231 e. The number of benzene rings is 2. The van der Waals surface area contributed by atoms with Gasteiger partial charge in [0.15, 0.2) is 11.5 Å². The van der Waals surface area contributed by atoms with Gasteiger partial charge >= 0.3 is 0 Å². The molecule has 1 N–H and O–H groups in total. The number of nitrogens with zero attached hydrogens (tertiary/aromatic N) is 2. The maximum atomic E-state index is 5.37. The van der Waals surface area contributed by atoms with Crippen LogP contribution < -0.4 is 14.8 Å². The van der Waals surface area contributed by atoms with E-state index in [0.717, 1.165) is 28.6 Å². The number of ether oxygens (including phenoxy) is 2. The van der Waals surface area contributed by atoms with Crippen LogP contribution in [0.5, 0.6) is 11.5 Å². The van der Waals surface area contributed by atoms with Gasteiger partial charge in [0.2, 0.25) is 6.79 Å². The van der Waals surface area contributed by atoms with E-state index in [9.17, 15) is 0 Å². The van der Waals surface area contributed by atoms with E-state index in [-0.39, 0.29) is 6.79 Å². The number of fused-ring (bicyclic) bond motifs is 1. The molecule has 0 bridgehead atoms. The predicted molar refractivity (Wildman–Crippen MR) is 79.4 cm³/mol. The van der Waals surface area contributed by atoms with E-state index in [4.69, 9.17) is 9.47 Å². The average Bonchev–Trinajstić information content (AvgIpc) is 3.17. The minimum Gasteiger partial charge on any atom is -0.454 e. The Morgan fingerprint density at radius 2 is 1.81 bits per heavy atom. The second kappa shape index (κ2) is 4.86. The molecule has 2 heterocycles. The molecule has 0 spiro atoms. The van der Waals surface area contributed by atoms with Gasteiger partial charge in [-0.3, -0.25) is 0 Å². The van der Waals surface area contributed by atoms with Crippen LogP contribution in [0.15, 0.2) is 60.9 Å². The third-order valence-corrected chi connectivity index (χ3v) is 3.26. The van der Waals surface area contributed by atoms with Crippen molar-refractivity contribution in [3.05, 3.63) is 60.9 Å². The van der Waals surface area contributed by atoms with Crippen molar-refractivity contribution in [3.8, 4) is 17.2 Å². The standard InChI is InChI=1S/C16H13N3O2/c1-2-4-14(5-3-1)19-10-13(9-17-19)18-12-6-7-15-16(8-12)21-11-20-15/h1-10,18H,11H2. The zero-order valence-electron chi connectivity index (χ0n) is 11.2. The topological polar surface area (TPSA) is 48.3 Å². The van der Waals surface area contributed by atoms with Crippen molar-refractivity contribution >= 4 is 11.4 Å². The minimum absolute atomic E-state index is 0.282. The molecule has 1 aliphatic rings. The van der Waals surface area contributed by atoms with Gasteiger partial charge in [-0.1, -0.05) is 18.2 Å². The Bertz CT molecular complexity index is 768. The largest absolute Gasteiger partial charge is 0.454 e. The smallest absolute Gasteiger partial charge is 0.231 e. The lowest BCUT2D eigenvalue weighted by atomic mass is 10.2. The fourth-order valence-electron chi connectivity index (χ4n) is 2.25. The van der Waals surface area contributed by atoms with E-state index in [2.05, 4.69) is 10.4 Å². The molecule has 1 aliphatic heterocycles. The number of hydrogen-bond acceptors (Lipinski definition) is 4. The normalized spacial score (nSPS) is 12.4.